The molecule has 3 rings (SSSR count). The van der Waals surface area contributed by atoms with Crippen LogP contribution in [-0.4, -0.2) is 38.4 Å². The molecule has 2 N–H and O–H groups in total. The zero-order chi connectivity index (χ0) is 19.2. The van der Waals surface area contributed by atoms with Crippen LogP contribution < -0.4 is 15.4 Å². The van der Waals surface area contributed by atoms with E-state index in [2.05, 4.69) is 25.9 Å². The molecule has 0 radical (unpaired) electrons. The second-order valence-electron chi connectivity index (χ2n) is 5.48. The van der Waals surface area contributed by atoms with Crippen molar-refractivity contribution in [1.82, 2.24) is 20.0 Å². The summed E-state index contributed by atoms with van der Waals surface area (Å²) in [5, 5.41) is 15.5. The maximum absolute atomic E-state index is 12.4. The fourth-order valence-electron chi connectivity index (χ4n) is 2.29. The summed E-state index contributed by atoms with van der Waals surface area (Å²) in [4.78, 5) is 28.5. The van der Waals surface area contributed by atoms with Gasteiger partial charge in [0.2, 0.25) is 5.91 Å². The van der Waals surface area contributed by atoms with E-state index in [1.165, 1.54) is 16.0 Å². The van der Waals surface area contributed by atoms with E-state index < -0.39 is 5.91 Å². The Morgan fingerprint density at radius 3 is 2.67 bits per heavy atom. The molecule has 0 aliphatic rings. The number of nitrogens with zero attached hydrogens (tertiary/aromatic N) is 4. The van der Waals surface area contributed by atoms with Gasteiger partial charge in [0, 0.05) is 17.3 Å². The summed E-state index contributed by atoms with van der Waals surface area (Å²) in [6.07, 6.45) is 1.60. The van der Waals surface area contributed by atoms with Gasteiger partial charge in [0.05, 0.1) is 12.3 Å². The second kappa shape index (κ2) is 8.41. The second-order valence-corrected chi connectivity index (χ2v) is 6.37. The van der Waals surface area contributed by atoms with Crippen LogP contribution >= 0.6 is 11.3 Å². The van der Waals surface area contributed by atoms with Crippen molar-refractivity contribution in [2.75, 3.05) is 17.2 Å². The highest BCUT2D eigenvalue weighted by Crippen LogP contribution is 2.17. The van der Waals surface area contributed by atoms with E-state index in [9.17, 15) is 9.59 Å². The summed E-state index contributed by atoms with van der Waals surface area (Å²) < 4.78 is 6.74. The Morgan fingerprint density at radius 2 is 2.00 bits per heavy atom. The maximum atomic E-state index is 12.4. The number of anilines is 2. The van der Waals surface area contributed by atoms with Gasteiger partial charge >= 0.3 is 0 Å². The number of ether oxygens (including phenoxy) is 1. The molecule has 27 heavy (non-hydrogen) atoms. The highest BCUT2D eigenvalue weighted by atomic mass is 32.1. The van der Waals surface area contributed by atoms with E-state index in [4.69, 9.17) is 4.74 Å². The molecule has 9 nitrogen and oxygen atoms in total. The van der Waals surface area contributed by atoms with Gasteiger partial charge in [-0.05, 0) is 38.1 Å². The van der Waals surface area contributed by atoms with E-state index in [0.29, 0.717) is 23.1 Å². The van der Waals surface area contributed by atoms with Crippen molar-refractivity contribution in [3.63, 3.8) is 0 Å². The Balaban J connectivity index is 1.63. The zero-order valence-electron chi connectivity index (χ0n) is 14.8. The molecule has 1 aromatic carbocycles. The number of nitrogens with one attached hydrogen (secondary N) is 2. The highest BCUT2D eigenvalue weighted by molar-refractivity contribution is 7.13. The molecule has 0 aliphatic carbocycles. The first kappa shape index (κ1) is 18.5. The summed E-state index contributed by atoms with van der Waals surface area (Å²) >= 11 is 1.32. The van der Waals surface area contributed by atoms with Crippen molar-refractivity contribution in [3.05, 3.63) is 47.2 Å². The van der Waals surface area contributed by atoms with Crippen LogP contribution in [0, 0.1) is 6.92 Å². The van der Waals surface area contributed by atoms with Crippen molar-refractivity contribution in [1.29, 1.82) is 0 Å². The third-order valence-corrected chi connectivity index (χ3v) is 4.28. The van der Waals surface area contributed by atoms with Crippen molar-refractivity contribution in [2.24, 2.45) is 0 Å². The number of rotatable bonds is 7. The van der Waals surface area contributed by atoms with Gasteiger partial charge in [-0.1, -0.05) is 5.21 Å². The summed E-state index contributed by atoms with van der Waals surface area (Å²) in [5.41, 5.74) is 1.26. The van der Waals surface area contributed by atoms with Crippen LogP contribution in [0.25, 0.3) is 0 Å². The average molecular weight is 386 g/mol. The smallest absolute Gasteiger partial charge is 0.278 e. The lowest BCUT2D eigenvalue weighted by Gasteiger charge is -2.07. The van der Waals surface area contributed by atoms with Crippen LogP contribution in [0.1, 0.15) is 23.1 Å². The van der Waals surface area contributed by atoms with Crippen molar-refractivity contribution < 1.29 is 14.3 Å². The van der Waals surface area contributed by atoms with Gasteiger partial charge in [0.25, 0.3) is 5.91 Å². The number of thiazole rings is 1. The first-order valence-corrected chi connectivity index (χ1v) is 9.08. The zero-order valence-corrected chi connectivity index (χ0v) is 15.6. The van der Waals surface area contributed by atoms with Gasteiger partial charge in [-0.25, -0.2) is 9.67 Å². The number of carbonyl (C=O) groups excluding carboxylic acids is 2. The predicted octanol–water partition coefficient (Wildman–Crippen LogP) is 2.33. The quantitative estimate of drug-likeness (QED) is 0.645. The van der Waals surface area contributed by atoms with E-state index in [1.54, 1.807) is 42.8 Å². The van der Waals surface area contributed by atoms with Crippen LogP contribution in [0.2, 0.25) is 0 Å². The molecule has 2 aromatic heterocycles. The van der Waals surface area contributed by atoms with Crippen molar-refractivity contribution in [2.45, 2.75) is 20.4 Å². The lowest BCUT2D eigenvalue weighted by Crippen LogP contribution is -2.20. The molecule has 140 valence electrons. The van der Waals surface area contributed by atoms with Gasteiger partial charge in [-0.3, -0.25) is 9.59 Å². The topological polar surface area (TPSA) is 111 Å². The summed E-state index contributed by atoms with van der Waals surface area (Å²) in [6.45, 7) is 4.10. The largest absolute Gasteiger partial charge is 0.494 e. The molecule has 10 heteroatoms. The summed E-state index contributed by atoms with van der Waals surface area (Å²) in [7, 11) is 0. The molecule has 0 saturated heterocycles. The van der Waals surface area contributed by atoms with Crippen LogP contribution in [-0.2, 0) is 11.3 Å². The van der Waals surface area contributed by atoms with Crippen molar-refractivity contribution in [3.8, 4) is 5.75 Å². The van der Waals surface area contributed by atoms with Gasteiger partial charge in [0.1, 0.15) is 12.3 Å². The molecule has 0 unspecified atom stereocenters. The highest BCUT2D eigenvalue weighted by Gasteiger charge is 2.18. The normalized spacial score (nSPS) is 10.4. The number of carbonyl (C=O) groups is 2. The number of hydrogen-bond acceptors (Lipinski definition) is 7. The molecule has 0 atom stereocenters. The minimum absolute atomic E-state index is 0.0608. The predicted molar refractivity (Wildman–Crippen MR) is 101 cm³/mol. The average Bonchev–Trinajstić information content (AvgIpc) is 3.27. The lowest BCUT2D eigenvalue weighted by atomic mass is 10.2. The molecule has 2 amide bonds. The molecule has 3 aromatic rings. The first-order chi connectivity index (χ1) is 13.1. The molecular formula is C17H18N6O3S. The molecule has 0 aliphatic heterocycles. The van der Waals surface area contributed by atoms with Crippen LogP contribution in [0.4, 0.5) is 10.8 Å². The van der Waals surface area contributed by atoms with E-state index in [1.807, 2.05) is 6.92 Å². The van der Waals surface area contributed by atoms with Gasteiger partial charge < -0.3 is 15.4 Å². The van der Waals surface area contributed by atoms with Gasteiger partial charge in [-0.15, -0.1) is 16.4 Å². The van der Waals surface area contributed by atoms with Crippen LogP contribution in [0.5, 0.6) is 5.75 Å². The fourth-order valence-corrected chi connectivity index (χ4v) is 2.84. The monoisotopic (exact) mass is 386 g/mol. The molecule has 0 bridgehead atoms. The Labute approximate surface area is 159 Å². The fraction of sp³-hybridized carbons (Fsp3) is 0.235. The van der Waals surface area contributed by atoms with E-state index in [0.717, 1.165) is 5.75 Å². The number of hydrogen-bond donors (Lipinski definition) is 2. The molecule has 2 heterocycles. The Kier molecular flexibility index (Phi) is 5.77. The Morgan fingerprint density at radius 1 is 1.22 bits per heavy atom. The minimum Gasteiger partial charge on any atom is -0.494 e. The van der Waals surface area contributed by atoms with Crippen LogP contribution in [0.15, 0.2) is 35.8 Å². The molecule has 0 fully saturated rings. The van der Waals surface area contributed by atoms with Crippen LogP contribution in [0.3, 0.4) is 0 Å². The van der Waals surface area contributed by atoms with Gasteiger partial charge in [-0.2, -0.15) is 0 Å². The molecular weight excluding hydrogens is 368 g/mol. The van der Waals surface area contributed by atoms with Gasteiger partial charge in [0.15, 0.2) is 10.8 Å². The Bertz CT molecular complexity index is 921. The third-order valence-electron chi connectivity index (χ3n) is 3.59. The minimum atomic E-state index is -0.400. The third kappa shape index (κ3) is 4.67. The summed E-state index contributed by atoms with van der Waals surface area (Å²) in [6, 6.07) is 7.02. The SMILES string of the molecule is CCOc1ccc(NC(=O)c2nnn(CC(=O)Nc3nccs3)c2C)cc1. The van der Waals surface area contributed by atoms with E-state index >= 15 is 0 Å². The van der Waals surface area contributed by atoms with E-state index in [-0.39, 0.29) is 18.1 Å². The summed E-state index contributed by atoms with van der Waals surface area (Å²) in [5.74, 6) is 0.0310. The number of amides is 2. The standard InChI is InChI=1S/C17H18N6O3S/c1-3-26-13-6-4-12(5-7-13)19-16(25)15-11(2)23(22-21-15)10-14(24)20-17-18-8-9-27-17/h4-9H,3,10H2,1-2H3,(H,19,25)(H,18,20,24). The Hall–Kier alpha value is -3.27. The number of benzene rings is 1. The molecule has 0 saturated carbocycles. The van der Waals surface area contributed by atoms with Crippen molar-refractivity contribution >= 4 is 34.0 Å². The maximum Gasteiger partial charge on any atom is 0.278 e. The molecule has 0 spiro atoms. The first-order valence-electron chi connectivity index (χ1n) is 8.20. The lowest BCUT2D eigenvalue weighted by molar-refractivity contribution is -0.117. The number of aromatic nitrogens is 4.